The number of benzene rings is 2. The van der Waals surface area contributed by atoms with Crippen LogP contribution in [0.25, 0.3) is 11.3 Å². The first-order chi connectivity index (χ1) is 14.1. The van der Waals surface area contributed by atoms with Gasteiger partial charge in [-0.3, -0.25) is 9.59 Å². The number of amides is 2. The number of methoxy groups -OCH3 is 1. The van der Waals surface area contributed by atoms with Gasteiger partial charge in [-0.25, -0.2) is 0 Å². The molecule has 0 atom stereocenters. The van der Waals surface area contributed by atoms with Crippen molar-refractivity contribution in [1.29, 1.82) is 0 Å². The molecule has 0 aliphatic rings. The van der Waals surface area contributed by atoms with Crippen LogP contribution in [-0.4, -0.2) is 31.8 Å². The number of ether oxygens (including phenoxy) is 1. The fourth-order valence-corrected chi connectivity index (χ4v) is 2.70. The highest BCUT2D eigenvalue weighted by atomic mass is 16.5. The van der Waals surface area contributed by atoms with E-state index >= 15 is 0 Å². The van der Waals surface area contributed by atoms with E-state index in [9.17, 15) is 14.4 Å². The summed E-state index contributed by atoms with van der Waals surface area (Å²) in [7, 11) is 1.57. The molecule has 3 rings (SSSR count). The Labute approximate surface area is 167 Å². The van der Waals surface area contributed by atoms with Crippen LogP contribution in [0.1, 0.15) is 26.5 Å². The molecule has 0 radical (unpaired) electrons. The molecule has 0 aliphatic carbocycles. The van der Waals surface area contributed by atoms with Crippen molar-refractivity contribution in [2.75, 3.05) is 13.7 Å². The van der Waals surface area contributed by atoms with E-state index in [1.807, 2.05) is 24.3 Å². The van der Waals surface area contributed by atoms with Crippen LogP contribution in [-0.2, 0) is 11.3 Å². The lowest BCUT2D eigenvalue weighted by atomic mass is 10.1. The van der Waals surface area contributed by atoms with E-state index in [-0.39, 0.29) is 18.2 Å². The lowest BCUT2D eigenvalue weighted by molar-refractivity contribution is -0.107. The smallest absolute Gasteiger partial charge is 0.287 e. The van der Waals surface area contributed by atoms with Gasteiger partial charge in [-0.15, -0.1) is 0 Å². The summed E-state index contributed by atoms with van der Waals surface area (Å²) < 4.78 is 10.7. The number of rotatable bonds is 8. The number of furan rings is 1. The molecular formula is C22H20N2O5. The molecule has 7 nitrogen and oxygen atoms in total. The van der Waals surface area contributed by atoms with Gasteiger partial charge >= 0.3 is 0 Å². The van der Waals surface area contributed by atoms with Gasteiger partial charge in [-0.2, -0.15) is 0 Å². The SMILES string of the molecule is COc1ccc(C(=O)NCc2cccc(-c3ccc(C(=O)NCC=O)o3)c2)cc1. The summed E-state index contributed by atoms with van der Waals surface area (Å²) in [5.74, 6) is 0.688. The highest BCUT2D eigenvalue weighted by Crippen LogP contribution is 2.23. The largest absolute Gasteiger partial charge is 0.497 e. The van der Waals surface area contributed by atoms with Gasteiger partial charge in [0.1, 0.15) is 17.8 Å². The lowest BCUT2D eigenvalue weighted by Crippen LogP contribution is -2.24. The molecule has 0 spiro atoms. The van der Waals surface area contributed by atoms with Crippen molar-refractivity contribution < 1.29 is 23.5 Å². The minimum Gasteiger partial charge on any atom is -0.497 e. The molecule has 2 N–H and O–H groups in total. The molecular weight excluding hydrogens is 372 g/mol. The fourth-order valence-electron chi connectivity index (χ4n) is 2.70. The van der Waals surface area contributed by atoms with Gasteiger partial charge in [0.15, 0.2) is 5.76 Å². The molecule has 0 unspecified atom stereocenters. The molecule has 7 heteroatoms. The van der Waals surface area contributed by atoms with E-state index in [1.165, 1.54) is 0 Å². The summed E-state index contributed by atoms with van der Waals surface area (Å²) >= 11 is 0. The summed E-state index contributed by atoms with van der Waals surface area (Å²) in [6.45, 7) is 0.268. The van der Waals surface area contributed by atoms with Crippen LogP contribution in [0.5, 0.6) is 5.75 Å². The quantitative estimate of drug-likeness (QED) is 0.575. The molecule has 148 valence electrons. The first-order valence-electron chi connectivity index (χ1n) is 8.94. The van der Waals surface area contributed by atoms with Crippen molar-refractivity contribution in [3.8, 4) is 17.1 Å². The third-order valence-electron chi connectivity index (χ3n) is 4.19. The number of carbonyl (C=O) groups excluding carboxylic acids is 3. The molecule has 0 bridgehead atoms. The fraction of sp³-hybridized carbons (Fsp3) is 0.136. The normalized spacial score (nSPS) is 10.2. The van der Waals surface area contributed by atoms with Crippen molar-refractivity contribution in [3.63, 3.8) is 0 Å². The standard InChI is InChI=1S/C22H20N2O5/c1-28-18-7-5-16(6-8-18)21(26)24-14-15-3-2-4-17(13-15)19-9-10-20(29-19)22(27)23-11-12-25/h2-10,12-13H,11,14H2,1H3,(H,23,27)(H,24,26). The summed E-state index contributed by atoms with van der Waals surface area (Å²) in [5.41, 5.74) is 2.20. The zero-order valence-corrected chi connectivity index (χ0v) is 15.8. The monoisotopic (exact) mass is 392 g/mol. The van der Waals surface area contributed by atoms with Crippen LogP contribution < -0.4 is 15.4 Å². The Kier molecular flexibility index (Phi) is 6.42. The van der Waals surface area contributed by atoms with Crippen molar-refractivity contribution in [2.24, 2.45) is 0 Å². The van der Waals surface area contributed by atoms with Crippen molar-refractivity contribution in [3.05, 3.63) is 77.6 Å². The summed E-state index contributed by atoms with van der Waals surface area (Å²) in [4.78, 5) is 34.5. The topological polar surface area (TPSA) is 97.6 Å². The molecule has 29 heavy (non-hydrogen) atoms. The average Bonchev–Trinajstić information content (AvgIpc) is 3.26. The average molecular weight is 392 g/mol. The zero-order chi connectivity index (χ0) is 20.6. The summed E-state index contributed by atoms with van der Waals surface area (Å²) in [5, 5.41) is 5.29. The maximum absolute atomic E-state index is 12.3. The van der Waals surface area contributed by atoms with E-state index in [1.54, 1.807) is 43.5 Å². The van der Waals surface area contributed by atoms with E-state index in [4.69, 9.17) is 9.15 Å². The van der Waals surface area contributed by atoms with Gasteiger partial charge < -0.3 is 24.6 Å². The third-order valence-corrected chi connectivity index (χ3v) is 4.19. The third kappa shape index (κ3) is 5.10. The van der Waals surface area contributed by atoms with Gasteiger partial charge in [0.25, 0.3) is 11.8 Å². The number of carbonyl (C=O) groups is 3. The number of aldehydes is 1. The Hall–Kier alpha value is -3.87. The molecule has 2 aromatic carbocycles. The van der Waals surface area contributed by atoms with Gasteiger partial charge in [-0.1, -0.05) is 18.2 Å². The zero-order valence-electron chi connectivity index (χ0n) is 15.8. The second-order valence-corrected chi connectivity index (χ2v) is 6.15. The van der Waals surface area contributed by atoms with E-state index in [2.05, 4.69) is 10.6 Å². The van der Waals surface area contributed by atoms with Gasteiger partial charge in [0.05, 0.1) is 13.7 Å². The predicted molar refractivity (Wildman–Crippen MR) is 107 cm³/mol. The van der Waals surface area contributed by atoms with Crippen molar-refractivity contribution in [2.45, 2.75) is 6.54 Å². The maximum Gasteiger partial charge on any atom is 0.287 e. The van der Waals surface area contributed by atoms with Gasteiger partial charge in [-0.05, 0) is 48.0 Å². The number of nitrogens with one attached hydrogen (secondary N) is 2. The van der Waals surface area contributed by atoms with Crippen molar-refractivity contribution >= 4 is 18.1 Å². The van der Waals surface area contributed by atoms with E-state index < -0.39 is 5.91 Å². The molecule has 0 saturated heterocycles. The summed E-state index contributed by atoms with van der Waals surface area (Å²) in [6, 6.07) is 17.6. The van der Waals surface area contributed by atoms with E-state index in [0.717, 1.165) is 11.1 Å². The van der Waals surface area contributed by atoms with Crippen LogP contribution in [0.2, 0.25) is 0 Å². The van der Waals surface area contributed by atoms with E-state index in [0.29, 0.717) is 29.9 Å². The second kappa shape index (κ2) is 9.36. The Morgan fingerprint density at radius 1 is 1.00 bits per heavy atom. The molecule has 0 saturated carbocycles. The maximum atomic E-state index is 12.3. The highest BCUT2D eigenvalue weighted by molar-refractivity contribution is 5.94. The lowest BCUT2D eigenvalue weighted by Gasteiger charge is -2.07. The minimum atomic E-state index is -0.453. The van der Waals surface area contributed by atoms with Gasteiger partial charge in [0.2, 0.25) is 0 Å². The Morgan fingerprint density at radius 2 is 1.79 bits per heavy atom. The van der Waals surface area contributed by atoms with Crippen LogP contribution >= 0.6 is 0 Å². The molecule has 0 aliphatic heterocycles. The van der Waals surface area contributed by atoms with Crippen LogP contribution in [0.4, 0.5) is 0 Å². The summed E-state index contributed by atoms with van der Waals surface area (Å²) in [6.07, 6.45) is 0.603. The van der Waals surface area contributed by atoms with Crippen molar-refractivity contribution in [1.82, 2.24) is 10.6 Å². The second-order valence-electron chi connectivity index (χ2n) is 6.15. The Morgan fingerprint density at radius 3 is 2.52 bits per heavy atom. The molecule has 0 fully saturated rings. The highest BCUT2D eigenvalue weighted by Gasteiger charge is 2.12. The molecule has 2 amide bonds. The van der Waals surface area contributed by atoms with Gasteiger partial charge in [0, 0.05) is 17.7 Å². The minimum absolute atomic E-state index is 0.0712. The number of hydrogen-bond donors (Lipinski definition) is 2. The molecule has 1 heterocycles. The van der Waals surface area contributed by atoms with Crippen LogP contribution in [0.3, 0.4) is 0 Å². The first kappa shape index (κ1) is 19.9. The Bertz CT molecular complexity index is 1010. The van der Waals surface area contributed by atoms with Crippen LogP contribution in [0.15, 0.2) is 65.1 Å². The number of hydrogen-bond acceptors (Lipinski definition) is 5. The molecule has 3 aromatic rings. The first-order valence-corrected chi connectivity index (χ1v) is 8.94. The Balaban J connectivity index is 1.65. The van der Waals surface area contributed by atoms with Crippen LogP contribution in [0, 0.1) is 0 Å². The molecule has 1 aromatic heterocycles. The predicted octanol–water partition coefficient (Wildman–Crippen LogP) is 2.81.